The predicted octanol–water partition coefficient (Wildman–Crippen LogP) is 5.60. The minimum Gasteiger partial charge on any atom is -0.383 e. The van der Waals surface area contributed by atoms with Crippen molar-refractivity contribution in [3.05, 3.63) is 94.7 Å². The van der Waals surface area contributed by atoms with Gasteiger partial charge in [0.1, 0.15) is 23.8 Å². The first-order valence-corrected chi connectivity index (χ1v) is 11.9. The summed E-state index contributed by atoms with van der Waals surface area (Å²) < 4.78 is 13.4. The molecule has 1 aromatic heterocycles. The van der Waals surface area contributed by atoms with Gasteiger partial charge in [0.2, 0.25) is 0 Å². The molecule has 4 N–H and O–H groups in total. The fraction of sp³-hybridized carbons (Fsp3) is 0.250. The van der Waals surface area contributed by atoms with Gasteiger partial charge in [0.25, 0.3) is 0 Å². The molecule has 3 aromatic rings. The molecule has 0 unspecified atom stereocenters. The Morgan fingerprint density at radius 3 is 2.66 bits per heavy atom. The van der Waals surface area contributed by atoms with Crippen LogP contribution in [0.4, 0.5) is 16.0 Å². The molecule has 35 heavy (non-hydrogen) atoms. The van der Waals surface area contributed by atoms with Gasteiger partial charge in [0, 0.05) is 28.6 Å². The molecular weight excluding hydrogens is 439 g/mol. The van der Waals surface area contributed by atoms with Gasteiger partial charge in [0.05, 0.1) is 17.8 Å². The summed E-state index contributed by atoms with van der Waals surface area (Å²) in [5.41, 5.74) is 13.0. The van der Waals surface area contributed by atoms with Gasteiger partial charge in [-0.25, -0.2) is 14.4 Å². The van der Waals surface area contributed by atoms with Crippen molar-refractivity contribution in [2.24, 2.45) is 0 Å². The lowest BCUT2D eigenvalue weighted by Gasteiger charge is -2.39. The number of nitrogens with zero attached hydrogens (tertiary/aromatic N) is 3. The summed E-state index contributed by atoms with van der Waals surface area (Å²) in [6.07, 6.45) is 8.32. The Bertz CT molecular complexity index is 1320. The Morgan fingerprint density at radius 1 is 1.17 bits per heavy atom. The quantitative estimate of drug-likeness (QED) is 0.410. The van der Waals surface area contributed by atoms with Crippen molar-refractivity contribution in [2.75, 3.05) is 17.6 Å². The normalized spacial score (nSPS) is 15.7. The molecule has 2 aliphatic rings. The van der Waals surface area contributed by atoms with Crippen molar-refractivity contribution >= 4 is 29.1 Å². The standard InChI is InChI=1S/C28H29FN6/c1-17-6-5-7-20-14-23(35(18(2)24(17)20)22-8-3-4-9-22)15-32-28-25(27(31)33-16-34-28)26(30)19-10-12-21(29)13-11-19/h5-7,10-14,16,22,30H,2-4,8-9,15H2,1H3,(H3,31,32,33,34). The Balaban J connectivity index is 1.48. The molecule has 1 aliphatic carbocycles. The van der Waals surface area contributed by atoms with E-state index < -0.39 is 0 Å². The van der Waals surface area contributed by atoms with Crippen LogP contribution >= 0.6 is 0 Å². The van der Waals surface area contributed by atoms with Gasteiger partial charge in [-0.15, -0.1) is 0 Å². The smallest absolute Gasteiger partial charge is 0.141 e. The second-order valence-corrected chi connectivity index (χ2v) is 9.15. The Labute approximate surface area is 204 Å². The fourth-order valence-electron chi connectivity index (χ4n) is 5.22. The van der Waals surface area contributed by atoms with Crippen molar-refractivity contribution in [3.63, 3.8) is 0 Å². The lowest BCUT2D eigenvalue weighted by molar-refractivity contribution is 0.360. The molecule has 0 amide bonds. The van der Waals surface area contributed by atoms with Crippen LogP contribution in [0.25, 0.3) is 11.8 Å². The highest BCUT2D eigenvalue weighted by molar-refractivity contribution is 6.16. The van der Waals surface area contributed by atoms with Crippen LogP contribution in [0.15, 0.2) is 61.1 Å². The van der Waals surface area contributed by atoms with Crippen molar-refractivity contribution < 1.29 is 4.39 Å². The second-order valence-electron chi connectivity index (χ2n) is 9.15. The number of hydrogen-bond donors (Lipinski definition) is 3. The van der Waals surface area contributed by atoms with Gasteiger partial charge >= 0.3 is 0 Å². The highest BCUT2D eigenvalue weighted by Crippen LogP contribution is 2.40. The maximum Gasteiger partial charge on any atom is 0.141 e. The van der Waals surface area contributed by atoms with Gasteiger partial charge in [-0.1, -0.05) is 37.6 Å². The largest absolute Gasteiger partial charge is 0.383 e. The van der Waals surface area contributed by atoms with E-state index in [0.29, 0.717) is 29.5 Å². The second kappa shape index (κ2) is 9.33. The van der Waals surface area contributed by atoms with E-state index in [9.17, 15) is 4.39 Å². The molecule has 0 radical (unpaired) electrons. The third-order valence-corrected chi connectivity index (χ3v) is 6.90. The molecule has 178 valence electrons. The van der Waals surface area contributed by atoms with E-state index >= 15 is 0 Å². The molecule has 1 fully saturated rings. The molecule has 7 heteroatoms. The molecule has 1 aliphatic heterocycles. The van der Waals surface area contributed by atoms with Crippen LogP contribution in [0.5, 0.6) is 0 Å². The highest BCUT2D eigenvalue weighted by Gasteiger charge is 2.31. The summed E-state index contributed by atoms with van der Waals surface area (Å²) in [7, 11) is 0. The summed E-state index contributed by atoms with van der Waals surface area (Å²) >= 11 is 0. The van der Waals surface area contributed by atoms with Gasteiger partial charge < -0.3 is 16.0 Å². The van der Waals surface area contributed by atoms with Crippen molar-refractivity contribution in [1.29, 1.82) is 5.41 Å². The first kappa shape index (κ1) is 22.8. The summed E-state index contributed by atoms with van der Waals surface area (Å²) in [6, 6.07) is 12.5. The molecular formula is C28H29FN6. The molecule has 5 rings (SSSR count). The topological polar surface area (TPSA) is 90.9 Å². The van der Waals surface area contributed by atoms with Crippen molar-refractivity contribution in [1.82, 2.24) is 14.9 Å². The molecule has 0 bridgehead atoms. The van der Waals surface area contributed by atoms with E-state index in [1.165, 1.54) is 42.4 Å². The summed E-state index contributed by atoms with van der Waals surface area (Å²) in [5.74, 6) is 0.316. The number of aromatic nitrogens is 2. The number of nitrogens with one attached hydrogen (secondary N) is 2. The zero-order valence-electron chi connectivity index (χ0n) is 19.8. The molecule has 2 aromatic carbocycles. The van der Waals surface area contributed by atoms with E-state index in [1.54, 1.807) is 12.1 Å². The van der Waals surface area contributed by atoms with Crippen LogP contribution in [0.1, 0.15) is 53.5 Å². The van der Waals surface area contributed by atoms with Crippen LogP contribution < -0.4 is 11.1 Å². The van der Waals surface area contributed by atoms with Gasteiger partial charge in [-0.05, 0) is 61.2 Å². The molecule has 2 heterocycles. The number of rotatable bonds is 6. The SMILES string of the molecule is C=C1c2c(C)cccc2C=C(CNc2ncnc(N)c2C(=N)c2ccc(F)cc2)N1C1CCCC1. The Morgan fingerprint density at radius 2 is 1.91 bits per heavy atom. The zero-order chi connectivity index (χ0) is 24.5. The number of hydrogen-bond acceptors (Lipinski definition) is 6. The number of nitrogen functional groups attached to an aromatic ring is 1. The highest BCUT2D eigenvalue weighted by atomic mass is 19.1. The summed E-state index contributed by atoms with van der Waals surface area (Å²) in [5, 5.41) is 12.1. The lowest BCUT2D eigenvalue weighted by atomic mass is 9.93. The predicted molar refractivity (Wildman–Crippen MR) is 140 cm³/mol. The third kappa shape index (κ3) is 4.30. The number of fused-ring (bicyclic) bond motifs is 1. The third-order valence-electron chi connectivity index (χ3n) is 6.90. The summed E-state index contributed by atoms with van der Waals surface area (Å²) in [6.45, 7) is 7.12. The maximum absolute atomic E-state index is 13.4. The van der Waals surface area contributed by atoms with Crippen LogP contribution in [-0.2, 0) is 0 Å². The van der Waals surface area contributed by atoms with Gasteiger partial charge in [-0.3, -0.25) is 5.41 Å². The fourth-order valence-corrected chi connectivity index (χ4v) is 5.22. The summed E-state index contributed by atoms with van der Waals surface area (Å²) in [4.78, 5) is 10.9. The van der Waals surface area contributed by atoms with E-state index in [-0.39, 0.29) is 17.3 Å². The Hall–Kier alpha value is -4.00. The average Bonchev–Trinajstić information content (AvgIpc) is 3.37. The Kier molecular flexibility index (Phi) is 6.07. The molecule has 1 saturated carbocycles. The van der Waals surface area contributed by atoms with Crippen LogP contribution in [0.2, 0.25) is 0 Å². The minimum atomic E-state index is -0.357. The molecule has 0 atom stereocenters. The number of benzene rings is 2. The number of aryl methyl sites for hydroxylation is 1. The van der Waals surface area contributed by atoms with Crippen molar-refractivity contribution in [3.8, 4) is 0 Å². The number of nitrogens with two attached hydrogens (primary N) is 1. The molecule has 6 nitrogen and oxygen atoms in total. The van der Waals surface area contributed by atoms with Gasteiger partial charge in [-0.2, -0.15) is 0 Å². The first-order valence-electron chi connectivity index (χ1n) is 11.9. The van der Waals surface area contributed by atoms with Gasteiger partial charge in [0.15, 0.2) is 0 Å². The first-order chi connectivity index (χ1) is 16.9. The van der Waals surface area contributed by atoms with E-state index in [4.69, 9.17) is 11.1 Å². The van der Waals surface area contributed by atoms with Crippen LogP contribution in [0, 0.1) is 18.2 Å². The number of halogens is 1. The van der Waals surface area contributed by atoms with Crippen LogP contribution in [0.3, 0.4) is 0 Å². The minimum absolute atomic E-state index is 0.140. The average molecular weight is 469 g/mol. The molecule has 0 spiro atoms. The monoisotopic (exact) mass is 468 g/mol. The van der Waals surface area contributed by atoms with E-state index in [0.717, 1.165) is 29.8 Å². The molecule has 0 saturated heterocycles. The lowest BCUT2D eigenvalue weighted by Crippen LogP contribution is -2.36. The number of anilines is 2. The van der Waals surface area contributed by atoms with Crippen LogP contribution in [-0.4, -0.2) is 33.2 Å². The van der Waals surface area contributed by atoms with E-state index in [1.807, 2.05) is 0 Å². The zero-order valence-corrected chi connectivity index (χ0v) is 19.8. The van der Waals surface area contributed by atoms with E-state index in [2.05, 4.69) is 58.0 Å². The van der Waals surface area contributed by atoms with Crippen molar-refractivity contribution in [2.45, 2.75) is 38.6 Å². The maximum atomic E-state index is 13.4.